The van der Waals surface area contributed by atoms with Gasteiger partial charge in [0.25, 0.3) is 0 Å². The van der Waals surface area contributed by atoms with E-state index < -0.39 is 0 Å². The Morgan fingerprint density at radius 2 is 2.11 bits per heavy atom. The number of rotatable bonds is 2. The number of benzene rings is 1. The number of amides is 2. The summed E-state index contributed by atoms with van der Waals surface area (Å²) < 4.78 is 0. The number of hydrogen-bond acceptors (Lipinski definition) is 4. The topological polar surface area (TPSA) is 55.9 Å². The molecule has 2 bridgehead atoms. The van der Waals surface area contributed by atoms with Crippen LogP contribution in [0.15, 0.2) is 24.8 Å². The number of carbonyl (C=O) groups is 2. The van der Waals surface area contributed by atoms with E-state index in [2.05, 4.69) is 28.7 Å². The molecular formula is C21H27ClN4O2. The Hall–Kier alpha value is -2.05. The molecule has 4 rings (SSSR count). The second-order valence-corrected chi connectivity index (χ2v) is 8.41. The zero-order valence-corrected chi connectivity index (χ0v) is 17.0. The van der Waals surface area contributed by atoms with E-state index in [0.29, 0.717) is 30.2 Å². The van der Waals surface area contributed by atoms with Gasteiger partial charge < -0.3 is 15.1 Å². The van der Waals surface area contributed by atoms with Gasteiger partial charge in [-0.3, -0.25) is 14.5 Å². The van der Waals surface area contributed by atoms with Gasteiger partial charge in [-0.1, -0.05) is 18.2 Å². The molecule has 0 saturated carbocycles. The summed E-state index contributed by atoms with van der Waals surface area (Å²) in [6, 6.07) is 6.64. The summed E-state index contributed by atoms with van der Waals surface area (Å²) in [5.41, 5.74) is 3.10. The molecule has 28 heavy (non-hydrogen) atoms. The minimum absolute atomic E-state index is 0.0147. The molecular weight excluding hydrogens is 376 g/mol. The van der Waals surface area contributed by atoms with E-state index in [4.69, 9.17) is 11.6 Å². The SMILES string of the molecule is C=C1c2cc(Cl)ccc2N(CC(=O)N2CCNC(=O)C2)CCC2CCC1N2C. The molecule has 0 aromatic heterocycles. The summed E-state index contributed by atoms with van der Waals surface area (Å²) in [6.45, 7) is 6.67. The van der Waals surface area contributed by atoms with Gasteiger partial charge in [0.05, 0.1) is 13.1 Å². The Morgan fingerprint density at radius 1 is 1.29 bits per heavy atom. The third kappa shape index (κ3) is 3.63. The minimum Gasteiger partial charge on any atom is -0.362 e. The quantitative estimate of drug-likeness (QED) is 0.821. The first-order valence-corrected chi connectivity index (χ1v) is 10.3. The molecule has 7 heteroatoms. The van der Waals surface area contributed by atoms with E-state index in [0.717, 1.165) is 42.6 Å². The molecule has 6 nitrogen and oxygen atoms in total. The maximum absolute atomic E-state index is 12.9. The highest BCUT2D eigenvalue weighted by atomic mass is 35.5. The van der Waals surface area contributed by atoms with Crippen molar-refractivity contribution in [2.45, 2.75) is 31.3 Å². The van der Waals surface area contributed by atoms with E-state index in [-0.39, 0.29) is 24.9 Å². The number of nitrogens with one attached hydrogen (secondary N) is 1. The lowest BCUT2D eigenvalue weighted by Crippen LogP contribution is -2.52. The second kappa shape index (κ2) is 7.76. The smallest absolute Gasteiger partial charge is 0.242 e. The summed E-state index contributed by atoms with van der Waals surface area (Å²) in [5.74, 6) is -0.109. The van der Waals surface area contributed by atoms with Gasteiger partial charge in [0, 0.05) is 48.0 Å². The lowest BCUT2D eigenvalue weighted by atomic mass is 9.95. The largest absolute Gasteiger partial charge is 0.362 e. The van der Waals surface area contributed by atoms with Gasteiger partial charge in [0.1, 0.15) is 0 Å². The van der Waals surface area contributed by atoms with Crippen LogP contribution in [-0.4, -0.2) is 73.5 Å². The van der Waals surface area contributed by atoms with Crippen molar-refractivity contribution >= 4 is 34.7 Å². The minimum atomic E-state index is -0.0939. The Labute approximate surface area is 171 Å². The molecule has 1 aromatic carbocycles. The number of hydrogen-bond donors (Lipinski definition) is 1. The third-order valence-electron chi connectivity index (χ3n) is 6.34. The number of anilines is 1. The standard InChI is InChI=1S/C21H27ClN4O2/c1-14-17-11-15(22)3-5-19(17)25(9-7-16-4-6-18(14)24(16)2)13-21(28)26-10-8-23-20(27)12-26/h3,5,11,16,18H,1,4,6-10,12-13H2,2H3,(H,23,27). The number of halogens is 1. The summed E-state index contributed by atoms with van der Waals surface area (Å²) in [4.78, 5) is 30.8. The van der Waals surface area contributed by atoms with Gasteiger partial charge in [-0.2, -0.15) is 0 Å². The highest BCUT2D eigenvalue weighted by Crippen LogP contribution is 2.39. The van der Waals surface area contributed by atoms with E-state index in [9.17, 15) is 9.59 Å². The molecule has 3 aliphatic heterocycles. The first-order chi connectivity index (χ1) is 13.4. The van der Waals surface area contributed by atoms with Crippen LogP contribution in [-0.2, 0) is 9.59 Å². The first kappa shape index (κ1) is 19.3. The van der Waals surface area contributed by atoms with Crippen LogP contribution in [0.4, 0.5) is 5.69 Å². The zero-order valence-electron chi connectivity index (χ0n) is 16.3. The monoisotopic (exact) mass is 402 g/mol. The number of carbonyl (C=O) groups excluding carboxylic acids is 2. The predicted molar refractivity (Wildman–Crippen MR) is 111 cm³/mol. The van der Waals surface area contributed by atoms with Gasteiger partial charge in [-0.15, -0.1) is 0 Å². The highest BCUT2D eigenvalue weighted by Gasteiger charge is 2.35. The van der Waals surface area contributed by atoms with Gasteiger partial charge >= 0.3 is 0 Å². The van der Waals surface area contributed by atoms with Crippen LogP contribution >= 0.6 is 11.6 Å². The molecule has 2 saturated heterocycles. The summed E-state index contributed by atoms with van der Waals surface area (Å²) >= 11 is 6.31. The molecule has 3 heterocycles. The van der Waals surface area contributed by atoms with E-state index in [1.54, 1.807) is 4.90 Å². The van der Waals surface area contributed by atoms with Crippen molar-refractivity contribution in [2.24, 2.45) is 0 Å². The van der Waals surface area contributed by atoms with Gasteiger partial charge in [0.15, 0.2) is 0 Å². The van der Waals surface area contributed by atoms with Crippen LogP contribution in [0.25, 0.3) is 5.57 Å². The molecule has 3 aliphatic rings. The summed E-state index contributed by atoms with van der Waals surface area (Å²) in [6.07, 6.45) is 3.24. The van der Waals surface area contributed by atoms with E-state index >= 15 is 0 Å². The first-order valence-electron chi connectivity index (χ1n) is 9.94. The molecule has 1 aromatic rings. The number of nitrogens with zero attached hydrogens (tertiary/aromatic N) is 3. The van der Waals surface area contributed by atoms with Crippen LogP contribution in [0.2, 0.25) is 5.02 Å². The Kier molecular flexibility index (Phi) is 5.34. The maximum Gasteiger partial charge on any atom is 0.242 e. The Bertz CT molecular complexity index is 812. The third-order valence-corrected chi connectivity index (χ3v) is 6.57. The lowest BCUT2D eigenvalue weighted by Gasteiger charge is -2.32. The molecule has 0 spiro atoms. The number of fused-ring (bicyclic) bond motifs is 3. The molecule has 1 N–H and O–H groups in total. The van der Waals surface area contributed by atoms with Crippen molar-refractivity contribution in [1.29, 1.82) is 0 Å². The van der Waals surface area contributed by atoms with E-state index in [1.807, 2.05) is 18.2 Å². The van der Waals surface area contributed by atoms with Crippen molar-refractivity contribution in [3.8, 4) is 0 Å². The zero-order chi connectivity index (χ0) is 19.8. The fourth-order valence-corrected chi connectivity index (χ4v) is 4.88. The molecule has 150 valence electrons. The second-order valence-electron chi connectivity index (χ2n) is 7.97. The van der Waals surface area contributed by atoms with Crippen molar-refractivity contribution in [3.63, 3.8) is 0 Å². The number of likely N-dealkylation sites (N-methyl/N-ethyl adjacent to an activating group) is 1. The van der Waals surface area contributed by atoms with Crippen LogP contribution in [0, 0.1) is 0 Å². The molecule has 2 unspecified atom stereocenters. The van der Waals surface area contributed by atoms with Gasteiger partial charge in [-0.05, 0) is 50.1 Å². The molecule has 2 amide bonds. The molecule has 0 radical (unpaired) electrons. The normalized spacial score (nSPS) is 25.6. The molecule has 2 fully saturated rings. The average molecular weight is 403 g/mol. The van der Waals surface area contributed by atoms with Gasteiger partial charge in [0.2, 0.25) is 11.8 Å². The van der Waals surface area contributed by atoms with Crippen LogP contribution < -0.4 is 10.2 Å². The number of piperazine rings is 1. The summed E-state index contributed by atoms with van der Waals surface area (Å²) in [5, 5.41) is 3.45. The van der Waals surface area contributed by atoms with Crippen LogP contribution in [0.5, 0.6) is 0 Å². The fourth-order valence-electron chi connectivity index (χ4n) is 4.71. The van der Waals surface area contributed by atoms with Crippen LogP contribution in [0.3, 0.4) is 0 Å². The fraction of sp³-hybridized carbons (Fsp3) is 0.524. The van der Waals surface area contributed by atoms with Gasteiger partial charge in [-0.25, -0.2) is 0 Å². The van der Waals surface area contributed by atoms with Crippen molar-refractivity contribution in [3.05, 3.63) is 35.4 Å². The molecule has 2 atom stereocenters. The van der Waals surface area contributed by atoms with Crippen molar-refractivity contribution in [1.82, 2.24) is 15.1 Å². The summed E-state index contributed by atoms with van der Waals surface area (Å²) in [7, 11) is 2.17. The Balaban J connectivity index is 1.64. The lowest BCUT2D eigenvalue weighted by molar-refractivity contribution is -0.137. The predicted octanol–water partition coefficient (Wildman–Crippen LogP) is 1.98. The average Bonchev–Trinajstić information content (AvgIpc) is 3.05. The van der Waals surface area contributed by atoms with Crippen LogP contribution in [0.1, 0.15) is 24.8 Å². The van der Waals surface area contributed by atoms with Crippen molar-refractivity contribution < 1.29 is 9.59 Å². The highest BCUT2D eigenvalue weighted by molar-refractivity contribution is 6.30. The Morgan fingerprint density at radius 3 is 2.89 bits per heavy atom. The van der Waals surface area contributed by atoms with Crippen molar-refractivity contribution in [2.75, 3.05) is 44.7 Å². The van der Waals surface area contributed by atoms with E-state index in [1.165, 1.54) is 0 Å². The maximum atomic E-state index is 12.9. The molecule has 0 aliphatic carbocycles.